The number of nitrogens with one attached hydrogen (secondary N) is 1. The van der Waals surface area contributed by atoms with Crippen molar-refractivity contribution in [2.75, 3.05) is 10.5 Å². The fourth-order valence-electron chi connectivity index (χ4n) is 1.58. The summed E-state index contributed by atoms with van der Waals surface area (Å²) in [7, 11) is -3.87. The van der Waals surface area contributed by atoms with Crippen LogP contribution in [0.15, 0.2) is 41.3 Å². The molecule has 8 heteroatoms. The van der Waals surface area contributed by atoms with Gasteiger partial charge in [0.25, 0.3) is 10.0 Å². The van der Waals surface area contributed by atoms with E-state index in [0.717, 1.165) is 6.07 Å². The summed E-state index contributed by atoms with van der Waals surface area (Å²) in [6, 6.07) is 9.60. The molecule has 0 heterocycles. The normalized spacial score (nSPS) is 10.9. The molecule has 0 aromatic heterocycles. The minimum Gasteiger partial charge on any atom is -0.506 e. The SMILES string of the molecule is N#Cc1ccc(NS(=O)(=O)c2ccc(O)c(N)c2)cc1Cl. The lowest BCUT2D eigenvalue weighted by Crippen LogP contribution is -2.13. The third kappa shape index (κ3) is 3.18. The van der Waals surface area contributed by atoms with Gasteiger partial charge in [-0.15, -0.1) is 0 Å². The number of hydrogen-bond acceptors (Lipinski definition) is 5. The maximum Gasteiger partial charge on any atom is 0.261 e. The minimum absolute atomic E-state index is 0.0456. The first-order valence-electron chi connectivity index (χ1n) is 5.64. The quantitative estimate of drug-likeness (QED) is 0.592. The zero-order valence-corrected chi connectivity index (χ0v) is 12.1. The van der Waals surface area contributed by atoms with Crippen LogP contribution in [0.5, 0.6) is 5.75 Å². The van der Waals surface area contributed by atoms with E-state index in [2.05, 4.69) is 4.72 Å². The molecule has 6 nitrogen and oxygen atoms in total. The Morgan fingerprint density at radius 1 is 1.24 bits per heavy atom. The predicted octanol–water partition coefficient (Wildman–Crippen LogP) is 2.30. The van der Waals surface area contributed by atoms with Gasteiger partial charge < -0.3 is 10.8 Å². The number of phenolic OH excluding ortho intramolecular Hbond substituents is 1. The van der Waals surface area contributed by atoms with E-state index in [1.807, 2.05) is 6.07 Å². The monoisotopic (exact) mass is 323 g/mol. The van der Waals surface area contributed by atoms with Gasteiger partial charge in [0.05, 0.1) is 26.9 Å². The molecule has 0 amide bonds. The van der Waals surface area contributed by atoms with E-state index >= 15 is 0 Å². The highest BCUT2D eigenvalue weighted by molar-refractivity contribution is 7.92. The van der Waals surface area contributed by atoms with Crippen molar-refractivity contribution in [3.8, 4) is 11.8 Å². The summed E-state index contributed by atoms with van der Waals surface area (Å²) in [5.74, 6) is -0.199. The molecule has 108 valence electrons. The first-order valence-corrected chi connectivity index (χ1v) is 7.50. The van der Waals surface area contributed by atoms with Gasteiger partial charge in [-0.05, 0) is 36.4 Å². The van der Waals surface area contributed by atoms with Gasteiger partial charge in [-0.25, -0.2) is 8.42 Å². The molecule has 0 saturated heterocycles. The average molecular weight is 324 g/mol. The number of aromatic hydroxyl groups is 1. The summed E-state index contributed by atoms with van der Waals surface area (Å²) >= 11 is 5.84. The molecular weight excluding hydrogens is 314 g/mol. The van der Waals surface area contributed by atoms with Gasteiger partial charge in [0.1, 0.15) is 11.8 Å². The number of nitrogen functional groups attached to an aromatic ring is 1. The van der Waals surface area contributed by atoms with Gasteiger partial charge in [-0.2, -0.15) is 5.26 Å². The third-order valence-electron chi connectivity index (χ3n) is 2.65. The van der Waals surface area contributed by atoms with Crippen molar-refractivity contribution in [1.82, 2.24) is 0 Å². The summed E-state index contributed by atoms with van der Waals surface area (Å²) < 4.78 is 26.7. The number of benzene rings is 2. The lowest BCUT2D eigenvalue weighted by Gasteiger charge is -2.09. The van der Waals surface area contributed by atoms with Crippen LogP contribution in [0.3, 0.4) is 0 Å². The topological polar surface area (TPSA) is 116 Å². The van der Waals surface area contributed by atoms with E-state index in [4.69, 9.17) is 22.6 Å². The summed E-state index contributed by atoms with van der Waals surface area (Å²) in [6.45, 7) is 0. The molecule has 2 aromatic carbocycles. The Morgan fingerprint density at radius 3 is 2.52 bits per heavy atom. The van der Waals surface area contributed by atoms with Crippen LogP contribution in [0.1, 0.15) is 5.56 Å². The predicted molar refractivity (Wildman–Crippen MR) is 79.5 cm³/mol. The van der Waals surface area contributed by atoms with E-state index in [-0.39, 0.29) is 32.6 Å². The highest BCUT2D eigenvalue weighted by Crippen LogP contribution is 2.26. The number of rotatable bonds is 3. The third-order valence-corrected chi connectivity index (χ3v) is 4.34. The minimum atomic E-state index is -3.87. The maximum atomic E-state index is 12.2. The smallest absolute Gasteiger partial charge is 0.261 e. The molecule has 2 aromatic rings. The highest BCUT2D eigenvalue weighted by Gasteiger charge is 2.16. The second-order valence-corrected chi connectivity index (χ2v) is 6.22. The van der Waals surface area contributed by atoms with Gasteiger partial charge >= 0.3 is 0 Å². The van der Waals surface area contributed by atoms with Gasteiger partial charge in [0.2, 0.25) is 0 Å². The van der Waals surface area contributed by atoms with Gasteiger partial charge in [-0.3, -0.25) is 4.72 Å². The van der Waals surface area contributed by atoms with Crippen molar-refractivity contribution in [3.05, 3.63) is 47.0 Å². The van der Waals surface area contributed by atoms with E-state index in [1.165, 1.54) is 30.3 Å². The molecule has 0 unspecified atom stereocenters. The fraction of sp³-hybridized carbons (Fsp3) is 0. The summed E-state index contributed by atoms with van der Waals surface area (Å²) in [6.07, 6.45) is 0. The molecule has 0 saturated carbocycles. The fourth-order valence-corrected chi connectivity index (χ4v) is 2.89. The Hall–Kier alpha value is -2.43. The number of nitrogens with two attached hydrogens (primary N) is 1. The lowest BCUT2D eigenvalue weighted by atomic mass is 10.2. The van der Waals surface area contributed by atoms with Crippen LogP contribution >= 0.6 is 11.6 Å². The summed E-state index contributed by atoms with van der Waals surface area (Å²) in [4.78, 5) is -0.0988. The van der Waals surface area contributed by atoms with Crippen LogP contribution in [0.25, 0.3) is 0 Å². The maximum absolute atomic E-state index is 12.2. The molecule has 0 fully saturated rings. The summed E-state index contributed by atoms with van der Waals surface area (Å²) in [5, 5.41) is 18.2. The van der Waals surface area contributed by atoms with E-state index < -0.39 is 10.0 Å². The Bertz CT molecular complexity index is 844. The Labute approximate surface area is 126 Å². The number of halogens is 1. The van der Waals surface area contributed by atoms with Gasteiger partial charge in [0.15, 0.2) is 0 Å². The highest BCUT2D eigenvalue weighted by atomic mass is 35.5. The lowest BCUT2D eigenvalue weighted by molar-refractivity contribution is 0.477. The van der Waals surface area contributed by atoms with Crippen LogP contribution in [0.4, 0.5) is 11.4 Å². The van der Waals surface area contributed by atoms with Crippen molar-refractivity contribution in [2.45, 2.75) is 4.90 Å². The zero-order valence-electron chi connectivity index (χ0n) is 10.5. The molecule has 4 N–H and O–H groups in total. The number of nitrogens with zero attached hydrogens (tertiary/aromatic N) is 1. The number of sulfonamides is 1. The van der Waals surface area contributed by atoms with Gasteiger partial charge in [0, 0.05) is 0 Å². The Balaban J connectivity index is 2.35. The number of phenols is 1. The Morgan fingerprint density at radius 2 is 1.95 bits per heavy atom. The van der Waals surface area contributed by atoms with Crippen molar-refractivity contribution in [3.63, 3.8) is 0 Å². The largest absolute Gasteiger partial charge is 0.506 e. The van der Waals surface area contributed by atoms with Crippen LogP contribution in [0, 0.1) is 11.3 Å². The van der Waals surface area contributed by atoms with E-state index in [1.54, 1.807) is 0 Å². The van der Waals surface area contributed by atoms with Crippen molar-refractivity contribution < 1.29 is 13.5 Å². The van der Waals surface area contributed by atoms with Crippen LogP contribution in [0.2, 0.25) is 5.02 Å². The van der Waals surface area contributed by atoms with Gasteiger partial charge in [-0.1, -0.05) is 11.6 Å². The second kappa shape index (κ2) is 5.52. The molecule has 0 aliphatic heterocycles. The van der Waals surface area contributed by atoms with Crippen molar-refractivity contribution in [2.24, 2.45) is 0 Å². The molecule has 0 aliphatic carbocycles. The molecular formula is C13H10ClN3O3S. The molecule has 0 bridgehead atoms. The zero-order chi connectivity index (χ0) is 15.6. The number of anilines is 2. The Kier molecular flexibility index (Phi) is 3.93. The van der Waals surface area contributed by atoms with Crippen LogP contribution in [-0.4, -0.2) is 13.5 Å². The van der Waals surface area contributed by atoms with Crippen molar-refractivity contribution in [1.29, 1.82) is 5.26 Å². The molecule has 2 rings (SSSR count). The molecule has 0 spiro atoms. The average Bonchev–Trinajstić information content (AvgIpc) is 2.41. The standard InChI is InChI=1S/C13H10ClN3O3S/c14-11-5-9(2-1-8(11)7-15)17-21(19,20)10-3-4-13(18)12(16)6-10/h1-6,17-18H,16H2. The second-order valence-electron chi connectivity index (χ2n) is 4.13. The first kappa shape index (κ1) is 15.0. The van der Waals surface area contributed by atoms with E-state index in [0.29, 0.717) is 0 Å². The molecule has 21 heavy (non-hydrogen) atoms. The van der Waals surface area contributed by atoms with Crippen LogP contribution in [-0.2, 0) is 10.0 Å². The molecule has 0 radical (unpaired) electrons. The van der Waals surface area contributed by atoms with Crippen molar-refractivity contribution >= 4 is 33.0 Å². The number of nitriles is 1. The summed E-state index contributed by atoms with van der Waals surface area (Å²) in [5.41, 5.74) is 5.89. The molecule has 0 atom stereocenters. The number of hydrogen-bond donors (Lipinski definition) is 3. The van der Waals surface area contributed by atoms with E-state index in [9.17, 15) is 13.5 Å². The molecule has 0 aliphatic rings. The first-order chi connectivity index (χ1) is 9.83. The van der Waals surface area contributed by atoms with Crippen LogP contribution < -0.4 is 10.5 Å².